The van der Waals surface area contributed by atoms with Crippen LogP contribution in [0.5, 0.6) is 0 Å². The van der Waals surface area contributed by atoms with Crippen molar-refractivity contribution >= 4 is 15.7 Å². The van der Waals surface area contributed by atoms with Gasteiger partial charge >= 0.3 is 0 Å². The molecule has 4 nitrogen and oxygen atoms in total. The summed E-state index contributed by atoms with van der Waals surface area (Å²) in [6.07, 6.45) is 5.52. The van der Waals surface area contributed by atoms with E-state index in [1.165, 1.54) is 6.07 Å². The molecule has 0 aromatic heterocycles. The van der Waals surface area contributed by atoms with Crippen molar-refractivity contribution in [3.63, 3.8) is 0 Å². The summed E-state index contributed by atoms with van der Waals surface area (Å²) < 4.78 is 23.1. The molecule has 0 atom stereocenters. The second-order valence-electron chi connectivity index (χ2n) is 4.45. The maximum atomic E-state index is 11.6. The van der Waals surface area contributed by atoms with Gasteiger partial charge in [0.05, 0.1) is 4.90 Å². The number of anilines is 1. The van der Waals surface area contributed by atoms with Crippen LogP contribution in [0.25, 0.3) is 0 Å². The van der Waals surface area contributed by atoms with Crippen molar-refractivity contribution in [2.75, 3.05) is 11.9 Å². The van der Waals surface area contributed by atoms with Gasteiger partial charge in [0.2, 0.25) is 10.0 Å². The Hall–Kier alpha value is -1.33. The van der Waals surface area contributed by atoms with Gasteiger partial charge in [-0.2, -0.15) is 0 Å². The van der Waals surface area contributed by atoms with Gasteiger partial charge in [-0.05, 0) is 30.5 Å². The fourth-order valence-corrected chi connectivity index (χ4v) is 2.76. The highest BCUT2D eigenvalue weighted by Gasteiger charge is 2.15. The van der Waals surface area contributed by atoms with E-state index in [4.69, 9.17) is 5.14 Å². The highest BCUT2D eigenvalue weighted by atomic mass is 32.2. The zero-order valence-corrected chi connectivity index (χ0v) is 12.2. The number of unbranched alkanes of at least 4 members (excludes halogenated alkanes) is 2. The first-order valence-corrected chi connectivity index (χ1v) is 8.04. The van der Waals surface area contributed by atoms with Crippen molar-refractivity contribution in [1.82, 2.24) is 0 Å². The van der Waals surface area contributed by atoms with E-state index in [1.807, 2.05) is 6.07 Å². The molecule has 0 aliphatic carbocycles. The zero-order chi connectivity index (χ0) is 14.3. The maximum absolute atomic E-state index is 11.6. The Morgan fingerprint density at radius 1 is 1.37 bits per heavy atom. The highest BCUT2D eigenvalue weighted by Crippen LogP contribution is 2.24. The summed E-state index contributed by atoms with van der Waals surface area (Å²) in [7, 11) is -3.70. The number of nitrogens with two attached hydrogens (primary N) is 1. The van der Waals surface area contributed by atoms with Crippen LogP contribution in [0.1, 0.15) is 31.7 Å². The second kappa shape index (κ2) is 7.31. The van der Waals surface area contributed by atoms with E-state index >= 15 is 0 Å². The summed E-state index contributed by atoms with van der Waals surface area (Å²) in [5.41, 5.74) is 1.51. The summed E-state index contributed by atoms with van der Waals surface area (Å²) in [4.78, 5) is 0.174. The average molecular weight is 282 g/mol. The maximum Gasteiger partial charge on any atom is 0.238 e. The number of allylic oxidation sites excluding steroid dienone is 1. The van der Waals surface area contributed by atoms with Crippen LogP contribution < -0.4 is 10.5 Å². The molecule has 0 saturated heterocycles. The molecule has 1 aromatic carbocycles. The Kier molecular flexibility index (Phi) is 6.05. The fourth-order valence-electron chi connectivity index (χ4n) is 1.95. The molecular formula is C14H22N2O2S. The Balaban J connectivity index is 3.00. The van der Waals surface area contributed by atoms with Crippen LogP contribution in [0.15, 0.2) is 35.7 Å². The van der Waals surface area contributed by atoms with Crippen molar-refractivity contribution in [3.05, 3.63) is 36.4 Å². The normalized spacial score (nSPS) is 11.3. The van der Waals surface area contributed by atoms with Crippen molar-refractivity contribution in [3.8, 4) is 0 Å². The first kappa shape index (κ1) is 15.7. The number of primary sulfonamides is 1. The smallest absolute Gasteiger partial charge is 0.238 e. The summed E-state index contributed by atoms with van der Waals surface area (Å²) >= 11 is 0. The third-order valence-electron chi connectivity index (χ3n) is 2.88. The minimum absolute atomic E-state index is 0.174. The van der Waals surface area contributed by atoms with Gasteiger partial charge in [-0.1, -0.05) is 31.9 Å². The molecule has 0 heterocycles. The Morgan fingerprint density at radius 2 is 2.11 bits per heavy atom. The molecule has 0 bridgehead atoms. The third-order valence-corrected chi connectivity index (χ3v) is 3.88. The van der Waals surface area contributed by atoms with Crippen LogP contribution in [-0.4, -0.2) is 15.0 Å². The van der Waals surface area contributed by atoms with E-state index in [1.54, 1.807) is 12.1 Å². The van der Waals surface area contributed by atoms with Gasteiger partial charge in [-0.15, -0.1) is 6.58 Å². The molecular weight excluding hydrogens is 260 g/mol. The van der Waals surface area contributed by atoms with E-state index in [9.17, 15) is 8.42 Å². The summed E-state index contributed by atoms with van der Waals surface area (Å²) in [5, 5.41) is 8.52. The lowest BCUT2D eigenvalue weighted by Crippen LogP contribution is -2.16. The molecule has 19 heavy (non-hydrogen) atoms. The van der Waals surface area contributed by atoms with Crippen LogP contribution in [0, 0.1) is 0 Å². The molecule has 106 valence electrons. The summed E-state index contributed by atoms with van der Waals surface area (Å²) in [6.45, 7) is 6.64. The van der Waals surface area contributed by atoms with Gasteiger partial charge < -0.3 is 5.32 Å². The molecule has 0 unspecified atom stereocenters. The number of nitrogens with one attached hydrogen (secondary N) is 1. The predicted molar refractivity (Wildman–Crippen MR) is 79.7 cm³/mol. The topological polar surface area (TPSA) is 72.2 Å². The standard InChI is InChI=1S/C14H22N2O2S/c1-3-5-6-11-16-13-9-7-10-14(19(15,17)18)12(13)8-4-2/h4,7,9-10,16H,2-3,5-6,8,11H2,1H3,(H2,15,17,18). The molecule has 1 aromatic rings. The largest absolute Gasteiger partial charge is 0.385 e. The van der Waals surface area contributed by atoms with Crippen molar-refractivity contribution in [2.45, 2.75) is 37.5 Å². The minimum Gasteiger partial charge on any atom is -0.385 e. The first-order valence-electron chi connectivity index (χ1n) is 6.50. The molecule has 1 rings (SSSR count). The molecule has 0 fully saturated rings. The number of benzene rings is 1. The van der Waals surface area contributed by atoms with Crippen LogP contribution in [-0.2, 0) is 16.4 Å². The van der Waals surface area contributed by atoms with Crippen molar-refractivity contribution < 1.29 is 8.42 Å². The first-order chi connectivity index (χ1) is 9.00. The molecule has 0 saturated carbocycles. The average Bonchev–Trinajstić information content (AvgIpc) is 2.35. The van der Waals surface area contributed by atoms with Gasteiger partial charge in [0, 0.05) is 12.2 Å². The molecule has 0 aliphatic heterocycles. The Labute approximate surface area is 115 Å². The predicted octanol–water partition coefficient (Wildman–Crippen LogP) is 2.66. The molecule has 0 radical (unpaired) electrons. The third kappa shape index (κ3) is 4.69. The second-order valence-corrected chi connectivity index (χ2v) is 5.98. The van der Waals surface area contributed by atoms with E-state index < -0.39 is 10.0 Å². The van der Waals surface area contributed by atoms with Crippen molar-refractivity contribution in [1.29, 1.82) is 0 Å². The quantitative estimate of drug-likeness (QED) is 0.569. The number of hydrogen-bond donors (Lipinski definition) is 2. The highest BCUT2D eigenvalue weighted by molar-refractivity contribution is 7.89. The monoisotopic (exact) mass is 282 g/mol. The fraction of sp³-hybridized carbons (Fsp3) is 0.429. The zero-order valence-electron chi connectivity index (χ0n) is 11.4. The summed E-state index contributed by atoms with van der Waals surface area (Å²) in [5.74, 6) is 0. The molecule has 3 N–H and O–H groups in total. The lowest BCUT2D eigenvalue weighted by molar-refractivity contribution is 0.597. The van der Waals surface area contributed by atoms with Gasteiger partial charge in [-0.3, -0.25) is 0 Å². The van der Waals surface area contributed by atoms with E-state index in [0.29, 0.717) is 12.0 Å². The molecule has 0 spiro atoms. The Bertz CT molecular complexity index is 524. The van der Waals surface area contributed by atoms with Crippen LogP contribution in [0.2, 0.25) is 0 Å². The van der Waals surface area contributed by atoms with Crippen LogP contribution >= 0.6 is 0 Å². The van der Waals surface area contributed by atoms with Crippen LogP contribution in [0.3, 0.4) is 0 Å². The number of rotatable bonds is 8. The van der Waals surface area contributed by atoms with E-state index in [0.717, 1.165) is 31.5 Å². The Morgan fingerprint density at radius 3 is 2.68 bits per heavy atom. The van der Waals surface area contributed by atoms with Crippen LogP contribution in [0.4, 0.5) is 5.69 Å². The van der Waals surface area contributed by atoms with Gasteiger partial charge in [-0.25, -0.2) is 13.6 Å². The van der Waals surface area contributed by atoms with Crippen molar-refractivity contribution in [2.24, 2.45) is 5.14 Å². The van der Waals surface area contributed by atoms with Gasteiger partial charge in [0.1, 0.15) is 0 Å². The number of sulfonamides is 1. The van der Waals surface area contributed by atoms with E-state index in [2.05, 4.69) is 18.8 Å². The van der Waals surface area contributed by atoms with Gasteiger partial charge in [0.25, 0.3) is 0 Å². The SMILES string of the molecule is C=CCc1c(NCCCCC)cccc1S(N)(=O)=O. The molecule has 5 heteroatoms. The lowest BCUT2D eigenvalue weighted by Gasteiger charge is -2.14. The lowest BCUT2D eigenvalue weighted by atomic mass is 10.1. The minimum atomic E-state index is -3.70. The van der Waals surface area contributed by atoms with Gasteiger partial charge in [0.15, 0.2) is 0 Å². The molecule has 0 aliphatic rings. The molecule has 0 amide bonds. The number of hydrogen-bond acceptors (Lipinski definition) is 3. The summed E-state index contributed by atoms with van der Waals surface area (Å²) in [6, 6.07) is 5.11. The van der Waals surface area contributed by atoms with E-state index in [-0.39, 0.29) is 4.90 Å².